The number of halogens is 3. The summed E-state index contributed by atoms with van der Waals surface area (Å²) in [5, 5.41) is 9.40. The van der Waals surface area contributed by atoms with Crippen molar-refractivity contribution in [3.05, 3.63) is 41.7 Å². The van der Waals surface area contributed by atoms with Gasteiger partial charge in [-0.2, -0.15) is 18.4 Å². The highest BCUT2D eigenvalue weighted by atomic mass is 32.2. The van der Waals surface area contributed by atoms with Crippen LogP contribution in [-0.4, -0.2) is 9.97 Å². The molecule has 0 saturated carbocycles. The zero-order chi connectivity index (χ0) is 13.2. The summed E-state index contributed by atoms with van der Waals surface area (Å²) in [7, 11) is 0. The largest absolute Gasteiger partial charge is 0.416 e. The van der Waals surface area contributed by atoms with Gasteiger partial charge in [0.1, 0.15) is 6.07 Å². The van der Waals surface area contributed by atoms with Gasteiger partial charge in [0, 0.05) is 17.3 Å². The standard InChI is InChI=1S/C11H6F3N3S/c12-11(13,14)8-1-2-9(7(5-8)6-15)18-10-16-3-4-17-10/h1-5H,(H,16,17). The van der Waals surface area contributed by atoms with Crippen molar-refractivity contribution in [1.82, 2.24) is 9.97 Å². The maximum atomic E-state index is 12.5. The molecule has 0 saturated heterocycles. The van der Waals surface area contributed by atoms with Gasteiger partial charge in [0.25, 0.3) is 0 Å². The van der Waals surface area contributed by atoms with Crippen molar-refractivity contribution >= 4 is 11.8 Å². The number of nitrogens with zero attached hydrogens (tertiary/aromatic N) is 2. The third-order valence-corrected chi connectivity index (χ3v) is 3.10. The number of nitriles is 1. The van der Waals surface area contributed by atoms with E-state index >= 15 is 0 Å². The van der Waals surface area contributed by atoms with Gasteiger partial charge in [0.05, 0.1) is 11.1 Å². The van der Waals surface area contributed by atoms with Crippen LogP contribution in [0.3, 0.4) is 0 Å². The Morgan fingerprint density at radius 1 is 1.33 bits per heavy atom. The van der Waals surface area contributed by atoms with Crippen molar-refractivity contribution in [2.75, 3.05) is 0 Å². The molecule has 1 N–H and O–H groups in total. The van der Waals surface area contributed by atoms with E-state index in [9.17, 15) is 13.2 Å². The summed E-state index contributed by atoms with van der Waals surface area (Å²) in [4.78, 5) is 7.17. The lowest BCUT2D eigenvalue weighted by molar-refractivity contribution is -0.137. The summed E-state index contributed by atoms with van der Waals surface area (Å²) in [6.45, 7) is 0. The minimum absolute atomic E-state index is 0.0220. The maximum Gasteiger partial charge on any atom is 0.416 e. The van der Waals surface area contributed by atoms with Crippen molar-refractivity contribution < 1.29 is 13.2 Å². The first kappa shape index (κ1) is 12.5. The Morgan fingerprint density at radius 3 is 2.67 bits per heavy atom. The summed E-state index contributed by atoms with van der Waals surface area (Å²) in [5.41, 5.74) is -0.853. The molecular weight excluding hydrogens is 263 g/mol. The molecule has 1 heterocycles. The maximum absolute atomic E-state index is 12.5. The number of alkyl halides is 3. The second-order valence-electron chi connectivity index (χ2n) is 3.32. The highest BCUT2D eigenvalue weighted by molar-refractivity contribution is 7.99. The number of aromatic nitrogens is 2. The molecule has 0 bridgehead atoms. The first-order chi connectivity index (χ1) is 8.50. The van der Waals surface area contributed by atoms with Crippen LogP contribution in [0.1, 0.15) is 11.1 Å². The number of hydrogen-bond donors (Lipinski definition) is 1. The fourth-order valence-electron chi connectivity index (χ4n) is 1.29. The topological polar surface area (TPSA) is 52.5 Å². The van der Waals surface area contributed by atoms with E-state index in [4.69, 9.17) is 5.26 Å². The SMILES string of the molecule is N#Cc1cc(C(F)(F)F)ccc1Sc1ncc[nH]1. The second kappa shape index (κ2) is 4.74. The lowest BCUT2D eigenvalue weighted by Crippen LogP contribution is -2.05. The molecule has 1 aromatic carbocycles. The lowest BCUT2D eigenvalue weighted by atomic mass is 10.1. The number of aromatic amines is 1. The average Bonchev–Trinajstić information content (AvgIpc) is 2.81. The average molecular weight is 269 g/mol. The van der Waals surface area contributed by atoms with Crippen LogP contribution in [0.4, 0.5) is 13.2 Å². The predicted molar refractivity (Wildman–Crippen MR) is 58.9 cm³/mol. The number of rotatable bonds is 2. The smallest absolute Gasteiger partial charge is 0.339 e. The molecule has 0 spiro atoms. The van der Waals surface area contributed by atoms with Crippen molar-refractivity contribution in [2.45, 2.75) is 16.2 Å². The lowest BCUT2D eigenvalue weighted by Gasteiger charge is -2.08. The number of imidazole rings is 1. The third kappa shape index (κ3) is 2.65. The number of benzene rings is 1. The summed E-state index contributed by atoms with van der Waals surface area (Å²) >= 11 is 1.11. The van der Waals surface area contributed by atoms with Crippen LogP contribution in [0.2, 0.25) is 0 Å². The fraction of sp³-hybridized carbons (Fsp3) is 0.0909. The molecule has 3 nitrogen and oxygen atoms in total. The zero-order valence-corrected chi connectivity index (χ0v) is 9.64. The Kier molecular flexibility index (Phi) is 3.30. The minimum Gasteiger partial charge on any atom is -0.339 e. The molecule has 18 heavy (non-hydrogen) atoms. The van der Waals surface area contributed by atoms with E-state index in [2.05, 4.69) is 9.97 Å². The number of nitrogens with one attached hydrogen (secondary N) is 1. The van der Waals surface area contributed by atoms with Gasteiger partial charge in [0.15, 0.2) is 5.16 Å². The molecule has 0 fully saturated rings. The van der Waals surface area contributed by atoms with Gasteiger partial charge >= 0.3 is 6.18 Å². The van der Waals surface area contributed by atoms with Gasteiger partial charge in [-0.05, 0) is 18.2 Å². The molecule has 0 atom stereocenters. The van der Waals surface area contributed by atoms with Crippen LogP contribution < -0.4 is 0 Å². The van der Waals surface area contributed by atoms with Crippen LogP contribution in [0.15, 0.2) is 40.6 Å². The van der Waals surface area contributed by atoms with E-state index in [1.54, 1.807) is 12.3 Å². The number of H-pyrrole nitrogens is 1. The Hall–Kier alpha value is -1.94. The van der Waals surface area contributed by atoms with Gasteiger partial charge in [-0.3, -0.25) is 0 Å². The molecule has 2 rings (SSSR count). The highest BCUT2D eigenvalue weighted by Gasteiger charge is 2.31. The molecule has 7 heteroatoms. The predicted octanol–water partition coefficient (Wildman–Crippen LogP) is 3.45. The third-order valence-electron chi connectivity index (χ3n) is 2.11. The van der Waals surface area contributed by atoms with Gasteiger partial charge in [-0.15, -0.1) is 0 Å². The molecule has 0 radical (unpaired) electrons. The van der Waals surface area contributed by atoms with Gasteiger partial charge in [0.2, 0.25) is 0 Å². The summed E-state index contributed by atoms with van der Waals surface area (Å²) in [6.07, 6.45) is -1.32. The monoisotopic (exact) mass is 269 g/mol. The number of hydrogen-bond acceptors (Lipinski definition) is 3. The molecule has 0 aliphatic rings. The molecular formula is C11H6F3N3S. The van der Waals surface area contributed by atoms with Crippen LogP contribution in [-0.2, 0) is 6.18 Å². The van der Waals surface area contributed by atoms with Crippen LogP contribution in [0.25, 0.3) is 0 Å². The van der Waals surface area contributed by atoms with Gasteiger partial charge in [-0.1, -0.05) is 11.8 Å². The molecule has 2 aromatic rings. The van der Waals surface area contributed by atoms with Crippen LogP contribution >= 0.6 is 11.8 Å². The molecule has 0 unspecified atom stereocenters. The Morgan fingerprint density at radius 2 is 2.11 bits per heavy atom. The molecule has 92 valence electrons. The van der Waals surface area contributed by atoms with Crippen molar-refractivity contribution in [3.63, 3.8) is 0 Å². The highest BCUT2D eigenvalue weighted by Crippen LogP contribution is 2.34. The van der Waals surface area contributed by atoms with E-state index in [-0.39, 0.29) is 5.56 Å². The zero-order valence-electron chi connectivity index (χ0n) is 8.82. The molecule has 0 aliphatic heterocycles. The first-order valence-corrected chi connectivity index (χ1v) is 5.61. The summed E-state index contributed by atoms with van der Waals surface area (Å²) in [6, 6.07) is 4.82. The Bertz CT molecular complexity index is 585. The van der Waals surface area contributed by atoms with Crippen LogP contribution in [0.5, 0.6) is 0 Å². The van der Waals surface area contributed by atoms with E-state index in [0.717, 1.165) is 23.9 Å². The normalized spacial score (nSPS) is 11.2. The van der Waals surface area contributed by atoms with Crippen molar-refractivity contribution in [1.29, 1.82) is 5.26 Å². The summed E-state index contributed by atoms with van der Waals surface area (Å²) < 4.78 is 37.4. The van der Waals surface area contributed by atoms with Crippen molar-refractivity contribution in [3.8, 4) is 6.07 Å². The van der Waals surface area contributed by atoms with E-state index in [0.29, 0.717) is 10.1 Å². The van der Waals surface area contributed by atoms with Gasteiger partial charge in [-0.25, -0.2) is 4.98 Å². The van der Waals surface area contributed by atoms with Crippen molar-refractivity contribution in [2.24, 2.45) is 0 Å². The summed E-state index contributed by atoms with van der Waals surface area (Å²) in [5.74, 6) is 0. The van der Waals surface area contributed by atoms with E-state index < -0.39 is 11.7 Å². The van der Waals surface area contributed by atoms with E-state index in [1.165, 1.54) is 12.3 Å². The quantitative estimate of drug-likeness (QED) is 0.908. The fourth-order valence-corrected chi connectivity index (χ4v) is 2.09. The second-order valence-corrected chi connectivity index (χ2v) is 4.35. The van der Waals surface area contributed by atoms with Crippen LogP contribution in [0, 0.1) is 11.3 Å². The first-order valence-electron chi connectivity index (χ1n) is 4.79. The van der Waals surface area contributed by atoms with E-state index in [1.807, 2.05) is 0 Å². The molecule has 0 aliphatic carbocycles. The molecule has 1 aromatic heterocycles. The molecule has 0 amide bonds. The Labute approximate surface area is 105 Å². The minimum atomic E-state index is -4.44. The van der Waals surface area contributed by atoms with Gasteiger partial charge < -0.3 is 4.98 Å². The Balaban J connectivity index is 2.36.